The minimum atomic E-state index is -0.618. The lowest BCUT2D eigenvalue weighted by molar-refractivity contribution is -0.141. The van der Waals surface area contributed by atoms with E-state index >= 15 is 0 Å². The SMILES string of the molecule is CCOC(=O)CNC(=O)OCC1c2ccccc2-c2cccc(C)c21. The van der Waals surface area contributed by atoms with Gasteiger partial charge >= 0.3 is 12.1 Å². The molecule has 0 aromatic heterocycles. The second-order valence-corrected chi connectivity index (χ2v) is 5.93. The first kappa shape index (κ1) is 17.0. The average molecular weight is 339 g/mol. The summed E-state index contributed by atoms with van der Waals surface area (Å²) in [4.78, 5) is 23.2. The molecule has 0 bridgehead atoms. The summed E-state index contributed by atoms with van der Waals surface area (Å²) in [5.74, 6) is -0.479. The zero-order valence-electron chi connectivity index (χ0n) is 14.4. The number of carbonyl (C=O) groups is 2. The topological polar surface area (TPSA) is 64.6 Å². The first-order chi connectivity index (χ1) is 12.1. The van der Waals surface area contributed by atoms with Crippen LogP contribution in [0.4, 0.5) is 4.79 Å². The first-order valence-corrected chi connectivity index (χ1v) is 8.37. The Morgan fingerprint density at radius 1 is 1.04 bits per heavy atom. The number of aryl methyl sites for hydroxylation is 1. The molecule has 130 valence electrons. The second kappa shape index (κ2) is 7.38. The lowest BCUT2D eigenvalue weighted by atomic mass is 9.94. The molecule has 1 N–H and O–H groups in total. The molecule has 5 nitrogen and oxygen atoms in total. The van der Waals surface area contributed by atoms with E-state index in [9.17, 15) is 9.59 Å². The maximum atomic E-state index is 11.9. The summed E-state index contributed by atoms with van der Waals surface area (Å²) >= 11 is 0. The molecule has 1 unspecified atom stereocenters. The molecule has 0 saturated carbocycles. The van der Waals surface area contributed by atoms with Gasteiger partial charge in [0, 0.05) is 5.92 Å². The Morgan fingerprint density at radius 3 is 2.60 bits per heavy atom. The van der Waals surface area contributed by atoms with Crippen LogP contribution in [-0.2, 0) is 14.3 Å². The number of amides is 1. The van der Waals surface area contributed by atoms with Crippen molar-refractivity contribution in [2.45, 2.75) is 19.8 Å². The summed E-state index contributed by atoms with van der Waals surface area (Å²) in [5, 5.41) is 2.42. The van der Waals surface area contributed by atoms with Crippen LogP contribution >= 0.6 is 0 Å². The third-order valence-electron chi connectivity index (χ3n) is 4.36. The fraction of sp³-hybridized carbons (Fsp3) is 0.300. The molecule has 2 aromatic rings. The van der Waals surface area contributed by atoms with Crippen molar-refractivity contribution in [1.29, 1.82) is 0 Å². The van der Waals surface area contributed by atoms with Gasteiger partial charge in [-0.05, 0) is 41.7 Å². The Labute approximate surface area is 147 Å². The van der Waals surface area contributed by atoms with E-state index in [2.05, 4.69) is 36.5 Å². The van der Waals surface area contributed by atoms with Crippen LogP contribution in [0.15, 0.2) is 42.5 Å². The molecule has 0 aliphatic heterocycles. The molecule has 2 aromatic carbocycles. The molecule has 5 heteroatoms. The fourth-order valence-electron chi connectivity index (χ4n) is 3.32. The molecule has 0 saturated heterocycles. The predicted molar refractivity (Wildman–Crippen MR) is 94.4 cm³/mol. The quantitative estimate of drug-likeness (QED) is 0.848. The third-order valence-corrected chi connectivity index (χ3v) is 4.36. The van der Waals surface area contributed by atoms with Crippen molar-refractivity contribution in [2.24, 2.45) is 0 Å². The minimum Gasteiger partial charge on any atom is -0.465 e. The predicted octanol–water partition coefficient (Wildman–Crippen LogP) is 3.40. The summed E-state index contributed by atoms with van der Waals surface area (Å²) in [6, 6.07) is 14.4. The number of carbonyl (C=O) groups excluding carboxylic acids is 2. The Balaban J connectivity index is 1.71. The fourth-order valence-corrected chi connectivity index (χ4v) is 3.32. The molecular weight excluding hydrogens is 318 g/mol. The number of alkyl carbamates (subject to hydrolysis) is 1. The highest BCUT2D eigenvalue weighted by Crippen LogP contribution is 2.46. The van der Waals surface area contributed by atoms with E-state index in [1.165, 1.54) is 22.3 Å². The number of fused-ring (bicyclic) bond motifs is 3. The lowest BCUT2D eigenvalue weighted by Gasteiger charge is -2.16. The van der Waals surface area contributed by atoms with Crippen molar-refractivity contribution in [3.05, 3.63) is 59.2 Å². The number of hydrogen-bond donors (Lipinski definition) is 1. The van der Waals surface area contributed by atoms with Crippen LogP contribution < -0.4 is 5.32 Å². The summed E-state index contributed by atoms with van der Waals surface area (Å²) in [5.41, 5.74) is 5.90. The van der Waals surface area contributed by atoms with Gasteiger partial charge in [-0.25, -0.2) is 4.79 Å². The highest BCUT2D eigenvalue weighted by atomic mass is 16.6. The van der Waals surface area contributed by atoms with Gasteiger partial charge in [-0.3, -0.25) is 4.79 Å². The van der Waals surface area contributed by atoms with Gasteiger partial charge in [0.15, 0.2) is 0 Å². The largest absolute Gasteiger partial charge is 0.465 e. The van der Waals surface area contributed by atoms with Gasteiger partial charge in [-0.2, -0.15) is 0 Å². The van der Waals surface area contributed by atoms with Crippen molar-refractivity contribution in [1.82, 2.24) is 5.32 Å². The number of nitrogens with one attached hydrogen (secondary N) is 1. The van der Waals surface area contributed by atoms with Crippen LogP contribution in [0.25, 0.3) is 11.1 Å². The molecule has 0 spiro atoms. The van der Waals surface area contributed by atoms with E-state index < -0.39 is 12.1 Å². The third kappa shape index (κ3) is 3.50. The molecule has 0 radical (unpaired) electrons. The molecule has 1 aliphatic carbocycles. The van der Waals surface area contributed by atoms with E-state index in [-0.39, 0.29) is 25.7 Å². The van der Waals surface area contributed by atoms with Crippen molar-refractivity contribution in [2.75, 3.05) is 19.8 Å². The standard InChI is InChI=1S/C20H21NO4/c1-3-24-18(22)11-21-20(23)25-12-17-15-9-5-4-8-14(15)16-10-6-7-13(2)19(16)17/h4-10,17H,3,11-12H2,1-2H3,(H,21,23). The number of ether oxygens (including phenoxy) is 2. The van der Waals surface area contributed by atoms with Gasteiger partial charge in [0.05, 0.1) is 6.61 Å². The maximum absolute atomic E-state index is 11.9. The molecule has 1 atom stereocenters. The van der Waals surface area contributed by atoms with E-state index in [0.29, 0.717) is 0 Å². The van der Waals surface area contributed by atoms with Crippen LogP contribution in [0.1, 0.15) is 29.5 Å². The Bertz CT molecular complexity index is 800. The highest BCUT2D eigenvalue weighted by molar-refractivity contribution is 5.81. The highest BCUT2D eigenvalue weighted by Gasteiger charge is 2.30. The van der Waals surface area contributed by atoms with E-state index in [1.807, 2.05) is 18.2 Å². The smallest absolute Gasteiger partial charge is 0.407 e. The number of rotatable bonds is 5. The van der Waals surface area contributed by atoms with Gasteiger partial charge in [-0.15, -0.1) is 0 Å². The van der Waals surface area contributed by atoms with Crippen LogP contribution in [0, 0.1) is 6.92 Å². The normalized spacial score (nSPS) is 14.4. The molecule has 1 aliphatic rings. The Kier molecular flexibility index (Phi) is 5.03. The van der Waals surface area contributed by atoms with Crippen LogP contribution in [0.3, 0.4) is 0 Å². The molecule has 25 heavy (non-hydrogen) atoms. The van der Waals surface area contributed by atoms with E-state index in [1.54, 1.807) is 6.92 Å². The molecule has 0 heterocycles. The zero-order valence-corrected chi connectivity index (χ0v) is 14.4. The zero-order chi connectivity index (χ0) is 17.8. The lowest BCUT2D eigenvalue weighted by Crippen LogP contribution is -2.32. The molecule has 1 amide bonds. The molecule has 3 rings (SSSR count). The summed E-state index contributed by atoms with van der Waals surface area (Å²) < 4.78 is 10.1. The van der Waals surface area contributed by atoms with Gasteiger partial charge in [-0.1, -0.05) is 42.5 Å². The number of esters is 1. The second-order valence-electron chi connectivity index (χ2n) is 5.93. The summed E-state index contributed by atoms with van der Waals surface area (Å²) in [6.45, 7) is 4.10. The monoisotopic (exact) mass is 339 g/mol. The number of hydrogen-bond acceptors (Lipinski definition) is 4. The summed E-state index contributed by atoms with van der Waals surface area (Å²) in [6.07, 6.45) is -0.618. The first-order valence-electron chi connectivity index (χ1n) is 8.37. The van der Waals surface area contributed by atoms with Gasteiger partial charge in [0.25, 0.3) is 0 Å². The van der Waals surface area contributed by atoms with Crippen LogP contribution in [0.5, 0.6) is 0 Å². The van der Waals surface area contributed by atoms with Crippen molar-refractivity contribution >= 4 is 12.1 Å². The van der Waals surface area contributed by atoms with Crippen molar-refractivity contribution in [3.8, 4) is 11.1 Å². The molecular formula is C20H21NO4. The summed E-state index contributed by atoms with van der Waals surface area (Å²) in [7, 11) is 0. The van der Waals surface area contributed by atoms with Gasteiger partial charge in [0.1, 0.15) is 13.2 Å². The van der Waals surface area contributed by atoms with E-state index in [4.69, 9.17) is 9.47 Å². The van der Waals surface area contributed by atoms with E-state index in [0.717, 1.165) is 5.56 Å². The Morgan fingerprint density at radius 2 is 1.80 bits per heavy atom. The van der Waals surface area contributed by atoms with Crippen LogP contribution in [-0.4, -0.2) is 31.8 Å². The van der Waals surface area contributed by atoms with Crippen molar-refractivity contribution in [3.63, 3.8) is 0 Å². The minimum absolute atomic E-state index is 0.000688. The van der Waals surface area contributed by atoms with Gasteiger partial charge in [0.2, 0.25) is 0 Å². The number of benzene rings is 2. The van der Waals surface area contributed by atoms with Crippen molar-refractivity contribution < 1.29 is 19.1 Å². The average Bonchev–Trinajstić information content (AvgIpc) is 2.94. The Hall–Kier alpha value is -2.82. The molecule has 0 fully saturated rings. The van der Waals surface area contributed by atoms with Gasteiger partial charge < -0.3 is 14.8 Å². The van der Waals surface area contributed by atoms with Crippen LogP contribution in [0.2, 0.25) is 0 Å². The maximum Gasteiger partial charge on any atom is 0.407 e.